The number of imidazole rings is 1. The number of hydrogen-bond donors (Lipinski definition) is 1. The van der Waals surface area contributed by atoms with Gasteiger partial charge >= 0.3 is 0 Å². The van der Waals surface area contributed by atoms with Crippen LogP contribution in [-0.4, -0.2) is 28.6 Å². The monoisotopic (exact) mass is 455 g/mol. The Balaban J connectivity index is 1.57. The molecular formula is C26H34ClN3O2. The molecule has 5 nitrogen and oxygen atoms in total. The normalized spacial score (nSPS) is 11.7. The number of aryl methyl sites for hydroxylation is 3. The van der Waals surface area contributed by atoms with Crippen molar-refractivity contribution in [1.82, 2.24) is 14.9 Å². The molecule has 0 spiro atoms. The maximum Gasteiger partial charge on any atom is 0.225 e. The molecule has 0 atom stereocenters. The van der Waals surface area contributed by atoms with Gasteiger partial charge in [0.2, 0.25) is 5.91 Å². The Morgan fingerprint density at radius 3 is 2.50 bits per heavy atom. The minimum atomic E-state index is -0.388. The van der Waals surface area contributed by atoms with Crippen molar-refractivity contribution >= 4 is 28.5 Å². The topological polar surface area (TPSA) is 56.1 Å². The SMILES string of the molecule is Cc1cc(OCCCCn2c(CCNC(=O)C(C)(C)C)nc3ccccc32)cc(C)c1Cl. The lowest BCUT2D eigenvalue weighted by Gasteiger charge is -2.17. The first-order valence-corrected chi connectivity index (χ1v) is 11.7. The van der Waals surface area contributed by atoms with Crippen molar-refractivity contribution in [3.63, 3.8) is 0 Å². The number of carbonyl (C=O) groups is 1. The lowest BCUT2D eigenvalue weighted by atomic mass is 9.96. The number of benzene rings is 2. The first kappa shape index (κ1) is 24.1. The molecule has 1 amide bonds. The minimum Gasteiger partial charge on any atom is -0.494 e. The molecule has 0 fully saturated rings. The Bertz CT molecular complexity index is 1060. The van der Waals surface area contributed by atoms with E-state index in [2.05, 4.69) is 16.0 Å². The van der Waals surface area contributed by atoms with Crippen molar-refractivity contribution in [3.8, 4) is 5.75 Å². The van der Waals surface area contributed by atoms with Crippen molar-refractivity contribution in [2.75, 3.05) is 13.2 Å². The standard InChI is InChI=1S/C26H34ClN3O2/c1-18-16-20(17-19(2)24(18)27)32-15-9-8-14-30-22-11-7-6-10-21(22)29-23(30)12-13-28-25(31)26(3,4)5/h6-7,10-11,16-17H,8-9,12-15H2,1-5H3,(H,28,31). The summed E-state index contributed by atoms with van der Waals surface area (Å²) in [7, 11) is 0. The van der Waals surface area contributed by atoms with Gasteiger partial charge in [0.1, 0.15) is 11.6 Å². The van der Waals surface area contributed by atoms with Gasteiger partial charge in [-0.05, 0) is 62.1 Å². The van der Waals surface area contributed by atoms with E-state index >= 15 is 0 Å². The Morgan fingerprint density at radius 1 is 1.12 bits per heavy atom. The van der Waals surface area contributed by atoms with Gasteiger partial charge in [0.15, 0.2) is 0 Å². The van der Waals surface area contributed by atoms with Crippen LogP contribution < -0.4 is 10.1 Å². The van der Waals surface area contributed by atoms with Crippen LogP contribution in [0.5, 0.6) is 5.75 Å². The van der Waals surface area contributed by atoms with E-state index in [1.54, 1.807) is 0 Å². The molecule has 6 heteroatoms. The summed E-state index contributed by atoms with van der Waals surface area (Å²) >= 11 is 6.24. The number of para-hydroxylation sites is 2. The van der Waals surface area contributed by atoms with Crippen LogP contribution in [0, 0.1) is 19.3 Å². The molecule has 0 bridgehead atoms. The highest BCUT2D eigenvalue weighted by molar-refractivity contribution is 6.32. The molecule has 0 aliphatic heterocycles. The zero-order valence-corrected chi connectivity index (χ0v) is 20.6. The Morgan fingerprint density at radius 2 is 1.81 bits per heavy atom. The Labute approximate surface area is 196 Å². The summed E-state index contributed by atoms with van der Waals surface area (Å²) in [5.41, 5.74) is 3.81. The summed E-state index contributed by atoms with van der Waals surface area (Å²) in [5, 5.41) is 3.83. The first-order chi connectivity index (χ1) is 15.2. The quantitative estimate of drug-likeness (QED) is 0.410. The van der Waals surface area contributed by atoms with E-state index in [-0.39, 0.29) is 11.3 Å². The number of unbranched alkanes of at least 4 members (excludes halogenated alkanes) is 1. The molecule has 1 N–H and O–H groups in total. The van der Waals surface area contributed by atoms with Crippen LogP contribution in [0.25, 0.3) is 11.0 Å². The fraction of sp³-hybridized carbons (Fsp3) is 0.462. The van der Waals surface area contributed by atoms with Crippen LogP contribution in [0.3, 0.4) is 0 Å². The number of carbonyl (C=O) groups excluding carboxylic acids is 1. The zero-order valence-electron chi connectivity index (χ0n) is 19.8. The second kappa shape index (κ2) is 10.4. The zero-order chi connectivity index (χ0) is 23.3. The average molecular weight is 456 g/mol. The minimum absolute atomic E-state index is 0.0602. The molecule has 0 unspecified atom stereocenters. The number of rotatable bonds is 9. The molecule has 1 aromatic heterocycles. The predicted molar refractivity (Wildman–Crippen MR) is 132 cm³/mol. The van der Waals surface area contributed by atoms with Gasteiger partial charge in [-0.2, -0.15) is 0 Å². The second-order valence-electron chi connectivity index (χ2n) is 9.35. The van der Waals surface area contributed by atoms with Gasteiger partial charge < -0.3 is 14.6 Å². The maximum absolute atomic E-state index is 12.2. The molecule has 0 radical (unpaired) electrons. The summed E-state index contributed by atoms with van der Waals surface area (Å²) in [5.74, 6) is 1.93. The van der Waals surface area contributed by atoms with Gasteiger partial charge in [-0.15, -0.1) is 0 Å². The highest BCUT2D eigenvalue weighted by atomic mass is 35.5. The van der Waals surface area contributed by atoms with E-state index in [4.69, 9.17) is 21.3 Å². The smallest absolute Gasteiger partial charge is 0.225 e. The van der Waals surface area contributed by atoms with Gasteiger partial charge in [0.25, 0.3) is 0 Å². The molecule has 32 heavy (non-hydrogen) atoms. The summed E-state index contributed by atoms with van der Waals surface area (Å²) in [6.07, 6.45) is 2.62. The largest absolute Gasteiger partial charge is 0.494 e. The number of amides is 1. The van der Waals surface area contributed by atoms with Crippen LogP contribution in [0.1, 0.15) is 50.6 Å². The number of fused-ring (bicyclic) bond motifs is 1. The molecular weight excluding hydrogens is 422 g/mol. The third-order valence-electron chi connectivity index (χ3n) is 5.50. The van der Waals surface area contributed by atoms with E-state index in [0.717, 1.165) is 58.1 Å². The van der Waals surface area contributed by atoms with E-state index in [1.807, 2.05) is 65.0 Å². The van der Waals surface area contributed by atoms with Crippen LogP contribution in [0.15, 0.2) is 36.4 Å². The van der Waals surface area contributed by atoms with E-state index < -0.39 is 0 Å². The van der Waals surface area contributed by atoms with Gasteiger partial charge in [0, 0.05) is 29.9 Å². The molecule has 0 aliphatic rings. The molecule has 3 aromatic rings. The molecule has 1 heterocycles. The Hall–Kier alpha value is -2.53. The Kier molecular flexibility index (Phi) is 7.83. The summed E-state index contributed by atoms with van der Waals surface area (Å²) in [4.78, 5) is 17.0. The van der Waals surface area contributed by atoms with E-state index in [1.165, 1.54) is 0 Å². The van der Waals surface area contributed by atoms with Gasteiger partial charge in [0.05, 0.1) is 17.6 Å². The highest BCUT2D eigenvalue weighted by Gasteiger charge is 2.20. The maximum atomic E-state index is 12.2. The van der Waals surface area contributed by atoms with Crippen molar-refractivity contribution in [3.05, 3.63) is 58.4 Å². The van der Waals surface area contributed by atoms with Crippen LogP contribution in [-0.2, 0) is 17.8 Å². The third-order valence-corrected chi connectivity index (χ3v) is 6.10. The molecule has 0 saturated carbocycles. The lowest BCUT2D eigenvalue weighted by Crippen LogP contribution is -2.36. The first-order valence-electron chi connectivity index (χ1n) is 11.3. The number of hydrogen-bond acceptors (Lipinski definition) is 3. The highest BCUT2D eigenvalue weighted by Crippen LogP contribution is 2.26. The molecule has 0 saturated heterocycles. The summed E-state index contributed by atoms with van der Waals surface area (Å²) in [6.45, 7) is 11.9. The van der Waals surface area contributed by atoms with Crippen LogP contribution in [0.2, 0.25) is 5.02 Å². The van der Waals surface area contributed by atoms with Crippen molar-refractivity contribution < 1.29 is 9.53 Å². The van der Waals surface area contributed by atoms with Gasteiger partial charge in [-0.1, -0.05) is 44.5 Å². The molecule has 2 aromatic carbocycles. The van der Waals surface area contributed by atoms with Crippen LogP contribution in [0.4, 0.5) is 0 Å². The number of nitrogens with zero attached hydrogens (tertiary/aromatic N) is 2. The van der Waals surface area contributed by atoms with Crippen molar-refractivity contribution in [2.24, 2.45) is 5.41 Å². The molecule has 3 rings (SSSR count). The second-order valence-corrected chi connectivity index (χ2v) is 9.73. The fourth-order valence-corrected chi connectivity index (χ4v) is 3.78. The lowest BCUT2D eigenvalue weighted by molar-refractivity contribution is -0.128. The number of ether oxygens (including phenoxy) is 1. The van der Waals surface area contributed by atoms with Crippen molar-refractivity contribution in [2.45, 2.75) is 60.4 Å². The number of halogens is 1. The average Bonchev–Trinajstić information content (AvgIpc) is 3.08. The summed E-state index contributed by atoms with van der Waals surface area (Å²) in [6, 6.07) is 12.2. The molecule has 0 aliphatic carbocycles. The predicted octanol–water partition coefficient (Wildman–Crippen LogP) is 5.87. The third kappa shape index (κ3) is 6.04. The van der Waals surface area contributed by atoms with Gasteiger partial charge in [-0.25, -0.2) is 4.98 Å². The van der Waals surface area contributed by atoms with Crippen molar-refractivity contribution in [1.29, 1.82) is 0 Å². The fourth-order valence-electron chi connectivity index (χ4n) is 3.67. The van der Waals surface area contributed by atoms with Crippen LogP contribution >= 0.6 is 11.6 Å². The van der Waals surface area contributed by atoms with Gasteiger partial charge in [-0.3, -0.25) is 4.79 Å². The molecule has 172 valence electrons. The van der Waals surface area contributed by atoms with E-state index in [9.17, 15) is 4.79 Å². The number of aromatic nitrogens is 2. The number of nitrogens with one attached hydrogen (secondary N) is 1. The van der Waals surface area contributed by atoms with E-state index in [0.29, 0.717) is 19.6 Å². The summed E-state index contributed by atoms with van der Waals surface area (Å²) < 4.78 is 8.22.